The Labute approximate surface area is 101 Å². The molecule has 0 spiro atoms. The minimum atomic E-state index is -0.360. The molecule has 1 saturated carbocycles. The molecular formula is C14H19F2N. The van der Waals surface area contributed by atoms with Crippen LogP contribution in [0.2, 0.25) is 0 Å². The third-order valence-electron chi connectivity index (χ3n) is 3.70. The molecule has 0 amide bonds. The van der Waals surface area contributed by atoms with E-state index in [0.29, 0.717) is 17.2 Å². The van der Waals surface area contributed by atoms with E-state index in [1.165, 1.54) is 18.6 Å². The molecule has 1 nitrogen and oxygen atoms in total. The predicted octanol–water partition coefficient (Wildman–Crippen LogP) is 4.26. The molecule has 1 aromatic rings. The lowest BCUT2D eigenvalue weighted by atomic mass is 9.86. The zero-order valence-corrected chi connectivity index (χ0v) is 10.4. The van der Waals surface area contributed by atoms with E-state index in [1.54, 1.807) is 6.92 Å². The standard InChI is InChI=1S/C14H19F2N/c1-9-5-3-4-6-13(9)17-14-8-11(15)10(2)7-12(14)16/h7-9,13,17H,3-6H2,1-2H3. The van der Waals surface area contributed by atoms with E-state index in [9.17, 15) is 8.78 Å². The van der Waals surface area contributed by atoms with Gasteiger partial charge in [-0.3, -0.25) is 0 Å². The van der Waals surface area contributed by atoms with Crippen LogP contribution in [0, 0.1) is 24.5 Å². The molecule has 3 heteroatoms. The van der Waals surface area contributed by atoms with Crippen LogP contribution < -0.4 is 5.32 Å². The SMILES string of the molecule is Cc1cc(F)c(NC2CCCCC2C)cc1F. The van der Waals surface area contributed by atoms with Crippen molar-refractivity contribution in [1.29, 1.82) is 0 Å². The summed E-state index contributed by atoms with van der Waals surface area (Å²) in [6.07, 6.45) is 4.60. The second-order valence-electron chi connectivity index (χ2n) is 5.09. The van der Waals surface area contributed by atoms with E-state index in [-0.39, 0.29) is 17.7 Å². The number of hydrogen-bond acceptors (Lipinski definition) is 1. The highest BCUT2D eigenvalue weighted by atomic mass is 19.1. The minimum absolute atomic E-state index is 0.264. The van der Waals surface area contributed by atoms with Crippen molar-refractivity contribution in [2.75, 3.05) is 5.32 Å². The molecule has 0 saturated heterocycles. The first-order valence-corrected chi connectivity index (χ1v) is 6.30. The van der Waals surface area contributed by atoms with Gasteiger partial charge in [-0.25, -0.2) is 8.78 Å². The summed E-state index contributed by atoms with van der Waals surface area (Å²) in [5.74, 6) is -0.188. The first kappa shape index (κ1) is 12.3. The van der Waals surface area contributed by atoms with Crippen molar-refractivity contribution in [2.24, 2.45) is 5.92 Å². The van der Waals surface area contributed by atoms with Gasteiger partial charge < -0.3 is 5.32 Å². The Bertz CT molecular complexity index is 403. The van der Waals surface area contributed by atoms with Crippen molar-refractivity contribution in [1.82, 2.24) is 0 Å². The summed E-state index contributed by atoms with van der Waals surface area (Å²) in [5, 5.41) is 3.15. The number of halogens is 2. The molecule has 2 rings (SSSR count). The van der Waals surface area contributed by atoms with Crippen molar-refractivity contribution in [2.45, 2.75) is 45.6 Å². The largest absolute Gasteiger partial charge is 0.380 e. The van der Waals surface area contributed by atoms with Gasteiger partial charge in [0.05, 0.1) is 5.69 Å². The molecule has 0 radical (unpaired) electrons. The molecule has 2 atom stereocenters. The van der Waals surface area contributed by atoms with Gasteiger partial charge in [-0.1, -0.05) is 19.8 Å². The smallest absolute Gasteiger partial charge is 0.146 e. The molecule has 0 heterocycles. The lowest BCUT2D eigenvalue weighted by Gasteiger charge is -2.30. The van der Waals surface area contributed by atoms with Crippen LogP contribution in [0.5, 0.6) is 0 Å². The van der Waals surface area contributed by atoms with Gasteiger partial charge in [0.15, 0.2) is 0 Å². The first-order chi connectivity index (χ1) is 8.08. The van der Waals surface area contributed by atoms with Crippen molar-refractivity contribution < 1.29 is 8.78 Å². The average Bonchev–Trinajstić information content (AvgIpc) is 2.29. The Balaban J connectivity index is 2.15. The van der Waals surface area contributed by atoms with Gasteiger partial charge >= 0.3 is 0 Å². The van der Waals surface area contributed by atoms with Gasteiger partial charge in [-0.05, 0) is 37.3 Å². The van der Waals surface area contributed by atoms with Crippen LogP contribution in [0.15, 0.2) is 12.1 Å². The quantitative estimate of drug-likeness (QED) is 0.813. The number of nitrogens with one attached hydrogen (secondary N) is 1. The molecule has 1 N–H and O–H groups in total. The number of anilines is 1. The molecule has 1 fully saturated rings. The van der Waals surface area contributed by atoms with Crippen LogP contribution in [0.25, 0.3) is 0 Å². The first-order valence-electron chi connectivity index (χ1n) is 6.30. The molecule has 2 unspecified atom stereocenters. The maximum atomic E-state index is 13.7. The van der Waals surface area contributed by atoms with E-state index >= 15 is 0 Å². The van der Waals surface area contributed by atoms with E-state index < -0.39 is 0 Å². The minimum Gasteiger partial charge on any atom is -0.380 e. The molecule has 17 heavy (non-hydrogen) atoms. The molecule has 94 valence electrons. The summed E-state index contributed by atoms with van der Waals surface area (Å²) in [4.78, 5) is 0. The maximum Gasteiger partial charge on any atom is 0.146 e. The van der Waals surface area contributed by atoms with Crippen molar-refractivity contribution in [3.8, 4) is 0 Å². The second-order valence-corrected chi connectivity index (χ2v) is 5.09. The van der Waals surface area contributed by atoms with E-state index in [0.717, 1.165) is 19.3 Å². The van der Waals surface area contributed by atoms with Crippen LogP contribution in [-0.4, -0.2) is 6.04 Å². The fraction of sp³-hybridized carbons (Fsp3) is 0.571. The van der Waals surface area contributed by atoms with Gasteiger partial charge in [0.25, 0.3) is 0 Å². The van der Waals surface area contributed by atoms with Crippen molar-refractivity contribution >= 4 is 5.69 Å². The van der Waals surface area contributed by atoms with Gasteiger partial charge in [0.1, 0.15) is 11.6 Å². The highest BCUT2D eigenvalue weighted by Crippen LogP contribution is 2.28. The Kier molecular flexibility index (Phi) is 3.65. The molecular weight excluding hydrogens is 220 g/mol. The maximum absolute atomic E-state index is 13.7. The van der Waals surface area contributed by atoms with Crippen LogP contribution in [0.4, 0.5) is 14.5 Å². The molecule has 1 aliphatic carbocycles. The number of rotatable bonds is 2. The summed E-state index contributed by atoms with van der Waals surface area (Å²) >= 11 is 0. The number of hydrogen-bond donors (Lipinski definition) is 1. The molecule has 1 aliphatic rings. The Hall–Kier alpha value is -1.12. The zero-order valence-electron chi connectivity index (χ0n) is 10.4. The zero-order chi connectivity index (χ0) is 12.4. The van der Waals surface area contributed by atoms with Gasteiger partial charge in [0, 0.05) is 12.1 Å². The molecule has 0 bridgehead atoms. The monoisotopic (exact) mass is 239 g/mol. The number of aryl methyl sites for hydroxylation is 1. The normalized spacial score (nSPS) is 24.7. The third-order valence-corrected chi connectivity index (χ3v) is 3.70. The topological polar surface area (TPSA) is 12.0 Å². The van der Waals surface area contributed by atoms with Crippen molar-refractivity contribution in [3.63, 3.8) is 0 Å². The van der Waals surface area contributed by atoms with Gasteiger partial charge in [-0.2, -0.15) is 0 Å². The second kappa shape index (κ2) is 5.03. The van der Waals surface area contributed by atoms with Crippen LogP contribution >= 0.6 is 0 Å². The molecule has 0 aromatic heterocycles. The van der Waals surface area contributed by atoms with Crippen LogP contribution in [-0.2, 0) is 0 Å². The summed E-state index contributed by atoms with van der Waals surface area (Å²) in [7, 11) is 0. The van der Waals surface area contributed by atoms with E-state index in [4.69, 9.17) is 0 Å². The highest BCUT2D eigenvalue weighted by Gasteiger charge is 2.22. The fourth-order valence-electron chi connectivity index (χ4n) is 2.49. The molecule has 0 aliphatic heterocycles. The Morgan fingerprint density at radius 2 is 1.82 bits per heavy atom. The summed E-state index contributed by atoms with van der Waals surface area (Å²) in [5.41, 5.74) is 0.650. The fourth-order valence-corrected chi connectivity index (χ4v) is 2.49. The summed E-state index contributed by atoms with van der Waals surface area (Å²) in [6, 6.07) is 2.79. The highest BCUT2D eigenvalue weighted by molar-refractivity contribution is 5.47. The van der Waals surface area contributed by atoms with Gasteiger partial charge in [-0.15, -0.1) is 0 Å². The third kappa shape index (κ3) is 2.76. The lowest BCUT2D eigenvalue weighted by molar-refractivity contribution is 0.348. The van der Waals surface area contributed by atoms with Gasteiger partial charge in [0.2, 0.25) is 0 Å². The lowest BCUT2D eigenvalue weighted by Crippen LogP contribution is -2.30. The molecule has 1 aromatic carbocycles. The average molecular weight is 239 g/mol. The summed E-state index contributed by atoms with van der Waals surface area (Å²) in [6.45, 7) is 3.74. The Morgan fingerprint density at radius 3 is 2.53 bits per heavy atom. The van der Waals surface area contributed by atoms with Crippen LogP contribution in [0.3, 0.4) is 0 Å². The van der Waals surface area contributed by atoms with Crippen molar-refractivity contribution in [3.05, 3.63) is 29.3 Å². The van der Waals surface area contributed by atoms with E-state index in [2.05, 4.69) is 12.2 Å². The van der Waals surface area contributed by atoms with E-state index in [1.807, 2.05) is 0 Å². The predicted molar refractivity (Wildman–Crippen MR) is 66.1 cm³/mol. The van der Waals surface area contributed by atoms with Crippen LogP contribution in [0.1, 0.15) is 38.2 Å². The summed E-state index contributed by atoms with van der Waals surface area (Å²) < 4.78 is 27.1. The number of benzene rings is 1. The Morgan fingerprint density at radius 1 is 1.12 bits per heavy atom.